The highest BCUT2D eigenvalue weighted by Crippen LogP contribution is 2.15. The molecule has 0 unspecified atom stereocenters. The summed E-state index contributed by atoms with van der Waals surface area (Å²) in [5.41, 5.74) is 2.04. The fourth-order valence-corrected chi connectivity index (χ4v) is 1.28. The van der Waals surface area contributed by atoms with Crippen molar-refractivity contribution in [3.8, 4) is 23.5 Å². The topological polar surface area (TPSA) is 73.4 Å². The average Bonchev–Trinajstić information content (AvgIpc) is 2.39. The summed E-state index contributed by atoms with van der Waals surface area (Å²) in [6.45, 7) is 0. The lowest BCUT2D eigenvalue weighted by atomic mass is 10.2. The van der Waals surface area contributed by atoms with Gasteiger partial charge in [-0.3, -0.25) is 4.98 Å². The first kappa shape index (κ1) is 9.82. The van der Waals surface area contributed by atoms with E-state index in [0.29, 0.717) is 22.6 Å². The van der Waals surface area contributed by atoms with Crippen LogP contribution in [0.15, 0.2) is 36.5 Å². The van der Waals surface area contributed by atoms with Gasteiger partial charge in [-0.15, -0.1) is 0 Å². The molecule has 2 aromatic rings. The Kier molecular flexibility index (Phi) is 2.58. The smallest absolute Gasteiger partial charge is 0.141 e. The summed E-state index contributed by atoms with van der Waals surface area (Å²) in [6.07, 6.45) is 1.55. The van der Waals surface area contributed by atoms with E-state index in [1.807, 2.05) is 12.1 Å². The fraction of sp³-hybridized carbons (Fsp3) is 0. The van der Waals surface area contributed by atoms with Crippen molar-refractivity contribution in [1.82, 2.24) is 9.97 Å². The standard InChI is InChI=1S/C12H6N4/c13-7-9-4-5-15-12(6-9)11-3-1-2-10(8-14)16-11/h1-6H. The van der Waals surface area contributed by atoms with Crippen LogP contribution in [0.1, 0.15) is 11.3 Å². The van der Waals surface area contributed by atoms with E-state index in [0.717, 1.165) is 0 Å². The van der Waals surface area contributed by atoms with Crippen molar-refractivity contribution in [2.75, 3.05) is 0 Å². The Morgan fingerprint density at radius 3 is 2.62 bits per heavy atom. The van der Waals surface area contributed by atoms with Gasteiger partial charge in [0.05, 0.1) is 23.0 Å². The van der Waals surface area contributed by atoms with Crippen LogP contribution in [-0.4, -0.2) is 9.97 Å². The van der Waals surface area contributed by atoms with E-state index >= 15 is 0 Å². The summed E-state index contributed by atoms with van der Waals surface area (Å²) in [6, 6.07) is 12.4. The van der Waals surface area contributed by atoms with E-state index in [9.17, 15) is 0 Å². The first-order chi connectivity index (χ1) is 7.83. The maximum Gasteiger partial charge on any atom is 0.141 e. The molecule has 0 aromatic carbocycles. The van der Waals surface area contributed by atoms with Gasteiger partial charge < -0.3 is 0 Å². The molecule has 0 aliphatic heterocycles. The van der Waals surface area contributed by atoms with Crippen LogP contribution in [0.5, 0.6) is 0 Å². The molecule has 2 aromatic heterocycles. The van der Waals surface area contributed by atoms with Crippen molar-refractivity contribution in [3.63, 3.8) is 0 Å². The minimum absolute atomic E-state index is 0.335. The highest BCUT2D eigenvalue weighted by molar-refractivity contribution is 5.56. The summed E-state index contributed by atoms with van der Waals surface area (Å²) < 4.78 is 0. The summed E-state index contributed by atoms with van der Waals surface area (Å²) >= 11 is 0. The fourth-order valence-electron chi connectivity index (χ4n) is 1.28. The molecule has 0 atom stereocenters. The van der Waals surface area contributed by atoms with Crippen molar-refractivity contribution in [3.05, 3.63) is 47.8 Å². The molecule has 0 saturated carbocycles. The van der Waals surface area contributed by atoms with E-state index in [4.69, 9.17) is 10.5 Å². The summed E-state index contributed by atoms with van der Waals surface area (Å²) in [5.74, 6) is 0. The van der Waals surface area contributed by atoms with Crippen LogP contribution in [0, 0.1) is 22.7 Å². The van der Waals surface area contributed by atoms with E-state index < -0.39 is 0 Å². The van der Waals surface area contributed by atoms with Gasteiger partial charge >= 0.3 is 0 Å². The molecule has 2 heterocycles. The zero-order valence-corrected chi connectivity index (χ0v) is 8.25. The lowest BCUT2D eigenvalue weighted by Crippen LogP contribution is -1.90. The molecule has 2 rings (SSSR count). The Morgan fingerprint density at radius 1 is 1.00 bits per heavy atom. The van der Waals surface area contributed by atoms with Crippen LogP contribution < -0.4 is 0 Å². The second-order valence-corrected chi connectivity index (χ2v) is 3.06. The van der Waals surface area contributed by atoms with Crippen molar-refractivity contribution in [2.45, 2.75) is 0 Å². The number of hydrogen-bond donors (Lipinski definition) is 0. The molecule has 74 valence electrons. The lowest BCUT2D eigenvalue weighted by Gasteiger charge is -1.99. The van der Waals surface area contributed by atoms with Gasteiger partial charge in [0, 0.05) is 6.20 Å². The van der Waals surface area contributed by atoms with Crippen molar-refractivity contribution < 1.29 is 0 Å². The SMILES string of the molecule is N#Cc1ccnc(-c2cccc(C#N)n2)c1. The molecule has 0 saturated heterocycles. The van der Waals surface area contributed by atoms with Crippen LogP contribution in [0.3, 0.4) is 0 Å². The molecule has 16 heavy (non-hydrogen) atoms. The number of rotatable bonds is 1. The summed E-state index contributed by atoms with van der Waals surface area (Å²) in [4.78, 5) is 8.21. The first-order valence-corrected chi connectivity index (χ1v) is 4.57. The predicted octanol–water partition coefficient (Wildman–Crippen LogP) is 1.89. The third-order valence-electron chi connectivity index (χ3n) is 2.02. The van der Waals surface area contributed by atoms with E-state index in [-0.39, 0.29) is 0 Å². The zero-order valence-electron chi connectivity index (χ0n) is 8.25. The minimum atomic E-state index is 0.335. The van der Waals surface area contributed by atoms with Gasteiger partial charge in [-0.2, -0.15) is 10.5 Å². The molecule has 0 aliphatic rings. The molecule has 4 nitrogen and oxygen atoms in total. The summed E-state index contributed by atoms with van der Waals surface area (Å²) in [7, 11) is 0. The Bertz CT molecular complexity index is 549. The molecule has 0 amide bonds. The average molecular weight is 206 g/mol. The van der Waals surface area contributed by atoms with Gasteiger partial charge in [0.2, 0.25) is 0 Å². The highest BCUT2D eigenvalue weighted by atomic mass is 14.8. The Morgan fingerprint density at radius 2 is 1.88 bits per heavy atom. The van der Waals surface area contributed by atoms with Crippen molar-refractivity contribution >= 4 is 0 Å². The van der Waals surface area contributed by atoms with Crippen LogP contribution in [0.2, 0.25) is 0 Å². The molecule has 0 aliphatic carbocycles. The molecule has 0 spiro atoms. The zero-order chi connectivity index (χ0) is 11.4. The molecular formula is C12H6N4. The van der Waals surface area contributed by atoms with E-state index in [1.165, 1.54) is 0 Å². The minimum Gasteiger partial charge on any atom is -0.255 e. The number of nitrogens with zero attached hydrogens (tertiary/aromatic N) is 4. The quantitative estimate of drug-likeness (QED) is 0.714. The third kappa shape index (κ3) is 1.87. The molecule has 0 radical (unpaired) electrons. The Labute approximate surface area is 92.4 Å². The van der Waals surface area contributed by atoms with Crippen molar-refractivity contribution in [2.24, 2.45) is 0 Å². The number of nitriles is 2. The monoisotopic (exact) mass is 206 g/mol. The van der Waals surface area contributed by atoms with E-state index in [2.05, 4.69) is 9.97 Å². The normalized spacial score (nSPS) is 9.12. The number of aromatic nitrogens is 2. The Hall–Kier alpha value is -2.72. The van der Waals surface area contributed by atoms with Gasteiger partial charge in [0.25, 0.3) is 0 Å². The maximum absolute atomic E-state index is 8.76. The second-order valence-electron chi connectivity index (χ2n) is 3.06. The lowest BCUT2D eigenvalue weighted by molar-refractivity contribution is 1.21. The van der Waals surface area contributed by atoms with Gasteiger partial charge in [-0.1, -0.05) is 6.07 Å². The van der Waals surface area contributed by atoms with E-state index in [1.54, 1.807) is 36.5 Å². The molecule has 0 N–H and O–H groups in total. The molecule has 4 heteroatoms. The largest absolute Gasteiger partial charge is 0.255 e. The molecule has 0 fully saturated rings. The second kappa shape index (κ2) is 4.20. The Balaban J connectivity index is 2.51. The van der Waals surface area contributed by atoms with Crippen LogP contribution in [0.25, 0.3) is 11.4 Å². The molecular weight excluding hydrogens is 200 g/mol. The third-order valence-corrected chi connectivity index (χ3v) is 2.02. The summed E-state index contributed by atoms with van der Waals surface area (Å²) in [5, 5.41) is 17.5. The van der Waals surface area contributed by atoms with Crippen molar-refractivity contribution in [1.29, 1.82) is 10.5 Å². The molecule has 0 bridgehead atoms. The van der Waals surface area contributed by atoms with Crippen LogP contribution in [0.4, 0.5) is 0 Å². The number of hydrogen-bond acceptors (Lipinski definition) is 4. The van der Waals surface area contributed by atoms with Gasteiger partial charge in [-0.05, 0) is 24.3 Å². The predicted molar refractivity (Wildman–Crippen MR) is 56.9 cm³/mol. The first-order valence-electron chi connectivity index (χ1n) is 4.57. The maximum atomic E-state index is 8.76. The number of pyridine rings is 2. The highest BCUT2D eigenvalue weighted by Gasteiger charge is 2.02. The van der Waals surface area contributed by atoms with Crippen LogP contribution >= 0.6 is 0 Å². The van der Waals surface area contributed by atoms with Gasteiger partial charge in [0.15, 0.2) is 0 Å². The van der Waals surface area contributed by atoms with Gasteiger partial charge in [-0.25, -0.2) is 4.98 Å². The van der Waals surface area contributed by atoms with Gasteiger partial charge in [0.1, 0.15) is 11.8 Å². The van der Waals surface area contributed by atoms with Crippen LogP contribution in [-0.2, 0) is 0 Å².